The largest absolute Gasteiger partial charge is 0.374 e. The fraction of sp³-hybridized carbons (Fsp3) is 0.800. The van der Waals surface area contributed by atoms with Crippen LogP contribution in [-0.4, -0.2) is 53.1 Å². The van der Waals surface area contributed by atoms with Crippen LogP contribution in [0, 0.1) is 13.8 Å². The molecule has 5 heteroatoms. The first-order valence-corrected chi connectivity index (χ1v) is 7.54. The minimum atomic E-state index is 0.295. The number of hydrogen-bond donors (Lipinski definition) is 1. The van der Waals surface area contributed by atoms with Crippen LogP contribution in [0.4, 0.5) is 0 Å². The summed E-state index contributed by atoms with van der Waals surface area (Å²) in [4.78, 5) is 2.48. The average molecular weight is 280 g/mol. The van der Waals surface area contributed by atoms with Crippen LogP contribution in [0.5, 0.6) is 0 Å². The van der Waals surface area contributed by atoms with E-state index in [1.54, 1.807) is 0 Å². The molecule has 1 saturated heterocycles. The summed E-state index contributed by atoms with van der Waals surface area (Å²) in [7, 11) is 2.00. The van der Waals surface area contributed by atoms with Crippen LogP contribution >= 0.6 is 0 Å². The van der Waals surface area contributed by atoms with Crippen molar-refractivity contribution in [3.63, 3.8) is 0 Å². The van der Waals surface area contributed by atoms with Crippen molar-refractivity contribution in [1.82, 2.24) is 20.0 Å². The van der Waals surface area contributed by atoms with Gasteiger partial charge in [-0.3, -0.25) is 9.58 Å². The van der Waals surface area contributed by atoms with Crippen molar-refractivity contribution in [2.75, 3.05) is 26.2 Å². The molecule has 2 rings (SSSR count). The number of nitrogens with zero attached hydrogens (tertiary/aromatic N) is 3. The molecule has 1 aromatic rings. The van der Waals surface area contributed by atoms with Gasteiger partial charge in [0.1, 0.15) is 0 Å². The van der Waals surface area contributed by atoms with Gasteiger partial charge in [-0.05, 0) is 27.7 Å². The fourth-order valence-corrected chi connectivity index (χ4v) is 2.77. The molecule has 1 unspecified atom stereocenters. The van der Waals surface area contributed by atoms with Gasteiger partial charge in [-0.25, -0.2) is 0 Å². The summed E-state index contributed by atoms with van der Waals surface area (Å²) >= 11 is 0. The number of nitrogens with one attached hydrogen (secondary N) is 1. The lowest BCUT2D eigenvalue weighted by Gasteiger charge is -2.35. The summed E-state index contributed by atoms with van der Waals surface area (Å²) in [5.41, 5.74) is 3.67. The Morgan fingerprint density at radius 2 is 2.15 bits per heavy atom. The van der Waals surface area contributed by atoms with E-state index in [4.69, 9.17) is 4.74 Å². The molecule has 1 N–H and O–H groups in total. The van der Waals surface area contributed by atoms with Crippen LogP contribution < -0.4 is 5.32 Å². The van der Waals surface area contributed by atoms with Crippen LogP contribution in [0.1, 0.15) is 30.8 Å². The normalized spacial score (nSPS) is 20.8. The summed E-state index contributed by atoms with van der Waals surface area (Å²) in [6.45, 7) is 13.4. The summed E-state index contributed by atoms with van der Waals surface area (Å²) in [5, 5.41) is 7.97. The third kappa shape index (κ3) is 3.59. The monoisotopic (exact) mass is 280 g/mol. The lowest BCUT2D eigenvalue weighted by Crippen LogP contribution is -2.49. The number of aromatic nitrogens is 2. The molecule has 1 atom stereocenters. The number of ether oxygens (including phenoxy) is 1. The molecule has 1 aromatic heterocycles. The van der Waals surface area contributed by atoms with E-state index < -0.39 is 0 Å². The molecule has 0 radical (unpaired) electrons. The van der Waals surface area contributed by atoms with E-state index in [1.807, 2.05) is 11.7 Å². The van der Waals surface area contributed by atoms with Crippen LogP contribution in [0.3, 0.4) is 0 Å². The van der Waals surface area contributed by atoms with Crippen LogP contribution in [0.2, 0.25) is 0 Å². The minimum absolute atomic E-state index is 0.295. The summed E-state index contributed by atoms with van der Waals surface area (Å²) in [6, 6.07) is 0.601. The maximum atomic E-state index is 5.84. The molecule has 0 aromatic carbocycles. The SMILES string of the molecule is Cc1nn(C)c(C)c1CNCC1CN(C(C)C)CCO1. The van der Waals surface area contributed by atoms with Gasteiger partial charge < -0.3 is 10.1 Å². The van der Waals surface area contributed by atoms with Crippen molar-refractivity contribution in [3.8, 4) is 0 Å². The smallest absolute Gasteiger partial charge is 0.0826 e. The fourth-order valence-electron chi connectivity index (χ4n) is 2.77. The maximum Gasteiger partial charge on any atom is 0.0826 e. The molecule has 0 spiro atoms. The lowest BCUT2D eigenvalue weighted by atomic mass is 10.2. The van der Waals surface area contributed by atoms with Gasteiger partial charge in [-0.15, -0.1) is 0 Å². The topological polar surface area (TPSA) is 42.3 Å². The number of hydrogen-bond acceptors (Lipinski definition) is 4. The average Bonchev–Trinajstić information content (AvgIpc) is 2.65. The predicted molar refractivity (Wildman–Crippen MR) is 80.8 cm³/mol. The van der Waals surface area contributed by atoms with E-state index in [1.165, 1.54) is 11.3 Å². The van der Waals surface area contributed by atoms with E-state index in [0.29, 0.717) is 12.1 Å². The summed E-state index contributed by atoms with van der Waals surface area (Å²) in [5.74, 6) is 0. The number of aryl methyl sites for hydroxylation is 2. The first-order valence-electron chi connectivity index (χ1n) is 7.54. The molecule has 1 aliphatic rings. The van der Waals surface area contributed by atoms with Crippen LogP contribution in [0.25, 0.3) is 0 Å². The molecular formula is C15H28N4O. The van der Waals surface area contributed by atoms with Crippen molar-refractivity contribution in [3.05, 3.63) is 17.0 Å². The van der Waals surface area contributed by atoms with Gasteiger partial charge in [0.05, 0.1) is 18.4 Å². The number of rotatable bonds is 5. The van der Waals surface area contributed by atoms with Crippen LogP contribution in [-0.2, 0) is 18.3 Å². The van der Waals surface area contributed by atoms with Crippen LogP contribution in [0.15, 0.2) is 0 Å². The van der Waals surface area contributed by atoms with Crippen molar-refractivity contribution < 1.29 is 4.74 Å². The molecule has 20 heavy (non-hydrogen) atoms. The molecular weight excluding hydrogens is 252 g/mol. The highest BCUT2D eigenvalue weighted by Crippen LogP contribution is 2.12. The Morgan fingerprint density at radius 3 is 2.75 bits per heavy atom. The third-order valence-electron chi connectivity index (χ3n) is 4.23. The highest BCUT2D eigenvalue weighted by atomic mass is 16.5. The van der Waals surface area contributed by atoms with Gasteiger partial charge >= 0.3 is 0 Å². The van der Waals surface area contributed by atoms with Crippen molar-refractivity contribution in [1.29, 1.82) is 0 Å². The predicted octanol–water partition coefficient (Wildman–Crippen LogP) is 1.24. The van der Waals surface area contributed by atoms with Crippen molar-refractivity contribution in [2.24, 2.45) is 7.05 Å². The molecule has 2 heterocycles. The zero-order valence-corrected chi connectivity index (χ0v) is 13.4. The molecule has 1 aliphatic heterocycles. The standard InChI is InChI=1S/C15H28N4O/c1-11(2)19-6-7-20-14(10-19)8-16-9-15-12(3)17-18(5)13(15)4/h11,14,16H,6-10H2,1-5H3. The minimum Gasteiger partial charge on any atom is -0.374 e. The van der Waals surface area contributed by atoms with E-state index in [9.17, 15) is 0 Å². The molecule has 0 bridgehead atoms. The Morgan fingerprint density at radius 1 is 1.40 bits per heavy atom. The van der Waals surface area contributed by atoms with Gasteiger partial charge in [-0.1, -0.05) is 0 Å². The molecule has 0 saturated carbocycles. The first kappa shape index (κ1) is 15.5. The highest BCUT2D eigenvalue weighted by molar-refractivity contribution is 5.23. The van der Waals surface area contributed by atoms with Gasteiger partial charge in [-0.2, -0.15) is 5.10 Å². The zero-order valence-electron chi connectivity index (χ0n) is 13.4. The lowest BCUT2D eigenvalue weighted by molar-refractivity contribution is -0.0372. The summed E-state index contributed by atoms with van der Waals surface area (Å²) in [6.07, 6.45) is 0.295. The highest BCUT2D eigenvalue weighted by Gasteiger charge is 2.22. The van der Waals surface area contributed by atoms with E-state index >= 15 is 0 Å². The van der Waals surface area contributed by atoms with E-state index in [-0.39, 0.29) is 0 Å². The molecule has 0 amide bonds. The van der Waals surface area contributed by atoms with Gasteiger partial charge in [0.15, 0.2) is 0 Å². The molecule has 5 nitrogen and oxygen atoms in total. The second-order valence-corrected chi connectivity index (χ2v) is 5.99. The summed E-state index contributed by atoms with van der Waals surface area (Å²) < 4.78 is 7.79. The molecule has 1 fully saturated rings. The van der Waals surface area contributed by atoms with E-state index in [0.717, 1.165) is 38.5 Å². The van der Waals surface area contributed by atoms with Gasteiger partial charge in [0.2, 0.25) is 0 Å². The van der Waals surface area contributed by atoms with E-state index in [2.05, 4.69) is 43.0 Å². The molecule has 114 valence electrons. The Bertz CT molecular complexity index is 441. The van der Waals surface area contributed by atoms with Crippen molar-refractivity contribution in [2.45, 2.75) is 46.4 Å². The van der Waals surface area contributed by atoms with Gasteiger partial charge in [0, 0.05) is 50.5 Å². The molecule has 0 aliphatic carbocycles. The second kappa shape index (κ2) is 6.70. The van der Waals surface area contributed by atoms with Crippen molar-refractivity contribution >= 4 is 0 Å². The quantitative estimate of drug-likeness (QED) is 0.881. The second-order valence-electron chi connectivity index (χ2n) is 5.99. The first-order chi connectivity index (χ1) is 9.49. The Labute approximate surface area is 122 Å². The third-order valence-corrected chi connectivity index (χ3v) is 4.23. The zero-order chi connectivity index (χ0) is 14.7. The maximum absolute atomic E-state index is 5.84. The Balaban J connectivity index is 1.81. The number of morpholine rings is 1. The Hall–Kier alpha value is -0.910. The van der Waals surface area contributed by atoms with Gasteiger partial charge in [0.25, 0.3) is 0 Å². The Kier molecular flexibility index (Phi) is 5.18.